The van der Waals surface area contributed by atoms with E-state index in [4.69, 9.17) is 9.47 Å². The van der Waals surface area contributed by atoms with Gasteiger partial charge in [-0.15, -0.1) is 0 Å². The molecule has 0 unspecified atom stereocenters. The maximum Gasteiger partial charge on any atom is 0.460 e. The smallest absolute Gasteiger partial charge is 0.422 e. The molecule has 4 nitrogen and oxygen atoms in total. The molecule has 0 saturated heterocycles. The van der Waals surface area contributed by atoms with Crippen LogP contribution >= 0.6 is 23.5 Å². The summed E-state index contributed by atoms with van der Waals surface area (Å²) in [7, 11) is 0. The van der Waals surface area contributed by atoms with E-state index in [0.29, 0.717) is 0 Å². The number of carbonyl (C=O) groups excluding carboxylic acids is 2. The Balaban J connectivity index is 1.65. The van der Waals surface area contributed by atoms with Crippen LogP contribution in [0.2, 0.25) is 0 Å². The maximum atomic E-state index is 14.4. The molecule has 3 aromatic carbocycles. The second-order valence-corrected chi connectivity index (χ2v) is 20.6. The van der Waals surface area contributed by atoms with Crippen molar-refractivity contribution in [2.45, 2.75) is 147 Å². The van der Waals surface area contributed by atoms with E-state index < -0.39 is 143 Å². The molecule has 0 bridgehead atoms. The van der Waals surface area contributed by atoms with Gasteiger partial charge in [0.2, 0.25) is 0 Å². The van der Waals surface area contributed by atoms with E-state index in [9.17, 15) is 159 Å². The number of carbonyl (C=O) groups is 2. The largest absolute Gasteiger partial charge is 0.460 e. The van der Waals surface area contributed by atoms with E-state index in [1.54, 1.807) is 0 Å². The van der Waals surface area contributed by atoms with Crippen LogP contribution in [0.1, 0.15) is 66.9 Å². The van der Waals surface area contributed by atoms with Gasteiger partial charge >= 0.3 is 107 Å². The number of ether oxygens (including phenoxy) is 2. The molecule has 40 heteroatoms. The van der Waals surface area contributed by atoms with Gasteiger partial charge in [-0.25, -0.2) is 9.59 Å². The first-order chi connectivity index (χ1) is 38.0. The molecular formula is C46H32F34O4S2. The molecule has 86 heavy (non-hydrogen) atoms. The number of halogens is 34. The summed E-state index contributed by atoms with van der Waals surface area (Å²) in [4.78, 5) is 26.0. The molecule has 3 aromatic rings. The zero-order valence-electron chi connectivity index (χ0n) is 42.2. The highest BCUT2D eigenvalue weighted by molar-refractivity contribution is 7.98. The lowest BCUT2D eigenvalue weighted by atomic mass is 9.88. The van der Waals surface area contributed by atoms with Gasteiger partial charge in [0, 0.05) is 24.3 Å². The summed E-state index contributed by atoms with van der Waals surface area (Å²) in [6.07, 6.45) is -21.1. The van der Waals surface area contributed by atoms with Crippen LogP contribution in [-0.4, -0.2) is 119 Å². The molecule has 0 aliphatic carbocycles. The van der Waals surface area contributed by atoms with E-state index in [1.807, 2.05) is 0 Å². The van der Waals surface area contributed by atoms with E-state index >= 15 is 0 Å². The summed E-state index contributed by atoms with van der Waals surface area (Å²) < 4.78 is 473. The fourth-order valence-corrected chi connectivity index (χ4v) is 9.00. The summed E-state index contributed by atoms with van der Waals surface area (Å²) >= 11 is 0.220. The number of esters is 2. The Labute approximate surface area is 466 Å². The molecule has 0 heterocycles. The number of rotatable bonds is 26. The third-order valence-corrected chi connectivity index (χ3v) is 14.1. The SMILES string of the molecule is Cc1cc(CSCCC(F)(F)C(F)(F)C(F)(F)C(F)(F)C(F)(F)C(F)(F)C(F)(F)C(F)(F)F)cc(C)c1OC(=O)c1ccc(C(=O)Oc2c(C)cc(CSCCC(F)(F)C(F)(F)C(F)(F)C(F)(F)C(F)(F)C(F)(F)C(F)(F)C(F)(F)F)cc2C)cc1. The molecule has 0 atom stereocenters. The summed E-state index contributed by atoms with van der Waals surface area (Å²) in [6, 6.07) is 8.53. The van der Waals surface area contributed by atoms with Crippen LogP contribution in [0.15, 0.2) is 48.5 Å². The molecule has 0 aliphatic heterocycles. The van der Waals surface area contributed by atoms with E-state index in [0.717, 1.165) is 48.5 Å². The highest BCUT2D eigenvalue weighted by Gasteiger charge is 2.97. The number of benzene rings is 3. The molecule has 0 saturated carbocycles. The zero-order valence-corrected chi connectivity index (χ0v) is 43.8. The second-order valence-electron chi connectivity index (χ2n) is 18.4. The molecule has 0 aromatic heterocycles. The minimum atomic E-state index is -8.77. The second kappa shape index (κ2) is 23.7. The van der Waals surface area contributed by atoms with Gasteiger partial charge < -0.3 is 9.47 Å². The maximum absolute atomic E-state index is 14.4. The van der Waals surface area contributed by atoms with Crippen LogP contribution in [0.3, 0.4) is 0 Å². The van der Waals surface area contributed by atoms with Crippen LogP contribution in [0.5, 0.6) is 11.5 Å². The third kappa shape index (κ3) is 12.6. The van der Waals surface area contributed by atoms with Crippen molar-refractivity contribution in [3.05, 3.63) is 93.0 Å². The van der Waals surface area contributed by atoms with Crippen molar-refractivity contribution >= 4 is 35.5 Å². The molecule has 490 valence electrons. The monoisotopic (exact) mass is 1360 g/mol. The summed E-state index contributed by atoms with van der Waals surface area (Å²) in [5, 5.41) is 0. The van der Waals surface area contributed by atoms with Gasteiger partial charge in [-0.2, -0.15) is 173 Å². The van der Waals surface area contributed by atoms with Crippen LogP contribution in [0, 0.1) is 27.7 Å². The lowest BCUT2D eigenvalue weighted by Crippen LogP contribution is -2.74. The van der Waals surface area contributed by atoms with Gasteiger partial charge in [-0.05, 0) is 96.8 Å². The Morgan fingerprint density at radius 1 is 0.326 bits per heavy atom. The summed E-state index contributed by atoms with van der Waals surface area (Å²) in [5.41, 5.74) is -0.403. The molecule has 0 amide bonds. The van der Waals surface area contributed by atoms with Crippen molar-refractivity contribution in [2.24, 2.45) is 0 Å². The minimum Gasteiger partial charge on any atom is -0.422 e. The highest BCUT2D eigenvalue weighted by Crippen LogP contribution is 2.66. The first-order valence-electron chi connectivity index (χ1n) is 22.3. The van der Waals surface area contributed by atoms with Crippen LogP contribution in [0.4, 0.5) is 149 Å². The van der Waals surface area contributed by atoms with Gasteiger partial charge in [0.05, 0.1) is 11.1 Å². The van der Waals surface area contributed by atoms with Crippen molar-refractivity contribution in [1.82, 2.24) is 0 Å². The van der Waals surface area contributed by atoms with Crippen molar-refractivity contribution in [3.63, 3.8) is 0 Å². The summed E-state index contributed by atoms with van der Waals surface area (Å²) in [6.45, 7) is 4.99. The average Bonchev–Trinajstić information content (AvgIpc) is 0.710. The number of alkyl halides is 34. The Kier molecular flexibility index (Phi) is 20.7. The van der Waals surface area contributed by atoms with Gasteiger partial charge in [0.1, 0.15) is 11.5 Å². The molecule has 3 rings (SSSR count). The van der Waals surface area contributed by atoms with Crippen molar-refractivity contribution < 1.29 is 168 Å². The lowest BCUT2D eigenvalue weighted by molar-refractivity contribution is -0.461. The van der Waals surface area contributed by atoms with Crippen LogP contribution < -0.4 is 9.47 Å². The number of aryl methyl sites for hydroxylation is 4. The summed E-state index contributed by atoms with van der Waals surface area (Å²) in [5.74, 6) is -122. The van der Waals surface area contributed by atoms with Gasteiger partial charge in [0.25, 0.3) is 0 Å². The number of thioether (sulfide) groups is 2. The molecule has 0 radical (unpaired) electrons. The van der Waals surface area contributed by atoms with Gasteiger partial charge in [0.15, 0.2) is 0 Å². The van der Waals surface area contributed by atoms with E-state index in [-0.39, 0.29) is 79.5 Å². The van der Waals surface area contributed by atoms with Crippen molar-refractivity contribution in [2.75, 3.05) is 11.5 Å². The van der Waals surface area contributed by atoms with Crippen LogP contribution in [-0.2, 0) is 11.5 Å². The molecule has 0 spiro atoms. The Bertz CT molecular complexity index is 2690. The van der Waals surface area contributed by atoms with Crippen molar-refractivity contribution in [3.8, 4) is 11.5 Å². The van der Waals surface area contributed by atoms with E-state index in [1.165, 1.54) is 27.7 Å². The Morgan fingerprint density at radius 2 is 0.523 bits per heavy atom. The minimum absolute atomic E-state index is 0.0222. The number of hydrogen-bond acceptors (Lipinski definition) is 6. The quantitative estimate of drug-likeness (QED) is 0.0346. The van der Waals surface area contributed by atoms with Crippen molar-refractivity contribution in [1.29, 1.82) is 0 Å². The van der Waals surface area contributed by atoms with Crippen LogP contribution in [0.25, 0.3) is 0 Å². The Morgan fingerprint density at radius 3 is 0.733 bits per heavy atom. The predicted molar refractivity (Wildman–Crippen MR) is 231 cm³/mol. The lowest BCUT2D eigenvalue weighted by Gasteiger charge is -2.42. The Hall–Kier alpha value is -5.08. The topological polar surface area (TPSA) is 52.6 Å². The highest BCUT2D eigenvalue weighted by atomic mass is 32.2. The fourth-order valence-electron chi connectivity index (χ4n) is 7.10. The first kappa shape index (κ1) is 75.2. The number of hydrogen-bond donors (Lipinski definition) is 0. The fraction of sp³-hybridized carbons (Fsp3) is 0.565. The molecule has 0 aliphatic rings. The predicted octanol–water partition coefficient (Wildman–Crippen LogP) is 18.6. The average molecular weight is 1360 g/mol. The molecular weight excluding hydrogens is 1330 g/mol. The van der Waals surface area contributed by atoms with Gasteiger partial charge in [-0.3, -0.25) is 0 Å². The zero-order chi connectivity index (χ0) is 67.7. The third-order valence-electron chi connectivity index (χ3n) is 12.0. The van der Waals surface area contributed by atoms with E-state index in [2.05, 4.69) is 0 Å². The van der Waals surface area contributed by atoms with Gasteiger partial charge in [-0.1, -0.05) is 24.3 Å². The first-order valence-corrected chi connectivity index (χ1v) is 24.7. The normalized spacial score (nSPS) is 14.9. The molecule has 0 N–H and O–H groups in total. The molecule has 0 fully saturated rings. The standard InChI is InChI=1S/C46H32F34O4S2/c1-19-13-23(17-85-11-9-31(47,48)33(51,52)35(55,56)37(59,60)39(63,64)41(67,68)43(71,72)45(75,76)77)14-20(2)27(19)83-29(81)25-5-7-26(8-6-25)30(82)84-28-21(3)15-24(16-22(28)4)18-86-12-10-32(49,50)34(53,54)36(57,58)38(61,62)40(65,66)42(69,70)44(73,74)46(78,79)80/h5-8,13-16H,9-12,17-18H2,1-4H3.